The number of hydrogen-bond donors (Lipinski definition) is 0. The molecule has 2 aromatic carbocycles. The summed E-state index contributed by atoms with van der Waals surface area (Å²) in [6.45, 7) is 1.53. The zero-order valence-corrected chi connectivity index (χ0v) is 16.7. The number of Topliss-reactive ketones (excluding diaryl/α,β-unsaturated/α-hetero) is 1. The Bertz CT molecular complexity index is 985. The number of rotatable bonds is 4. The third-order valence-corrected chi connectivity index (χ3v) is 5.63. The fraction of sp³-hybridized carbons (Fsp3) is 0.100. The lowest BCUT2D eigenvalue weighted by atomic mass is 10.2. The average Bonchev–Trinajstić information content (AvgIpc) is 3.30. The van der Waals surface area contributed by atoms with E-state index in [0.717, 1.165) is 16.3 Å². The minimum atomic E-state index is -0.272. The lowest BCUT2D eigenvalue weighted by Gasteiger charge is -2.31. The van der Waals surface area contributed by atoms with Crippen LogP contribution < -0.4 is 9.91 Å². The van der Waals surface area contributed by atoms with Crippen LogP contribution in [-0.2, 0) is 4.79 Å². The molecule has 0 aliphatic carbocycles. The predicted molar refractivity (Wildman–Crippen MR) is 113 cm³/mol. The van der Waals surface area contributed by atoms with E-state index in [9.17, 15) is 4.79 Å². The second-order valence-electron chi connectivity index (χ2n) is 6.04. The number of carbonyl (C=O) groups is 1. The van der Waals surface area contributed by atoms with Crippen LogP contribution in [0.3, 0.4) is 0 Å². The van der Waals surface area contributed by atoms with Gasteiger partial charge in [-0.3, -0.25) is 9.69 Å². The molecule has 0 N–H and O–H groups in total. The maximum Gasteiger partial charge on any atom is 0.198 e. The van der Waals surface area contributed by atoms with Gasteiger partial charge in [0.25, 0.3) is 0 Å². The summed E-state index contributed by atoms with van der Waals surface area (Å²) >= 11 is 13.7. The molecule has 0 saturated heterocycles. The van der Waals surface area contributed by atoms with E-state index in [-0.39, 0.29) is 11.9 Å². The van der Waals surface area contributed by atoms with Crippen LogP contribution in [0.15, 0.2) is 71.1 Å². The maximum atomic E-state index is 12.4. The molecule has 4 nitrogen and oxygen atoms in total. The highest BCUT2D eigenvalue weighted by atomic mass is 35.5. The second-order valence-corrected chi connectivity index (χ2v) is 7.89. The van der Waals surface area contributed by atoms with Crippen LogP contribution in [0.1, 0.15) is 18.0 Å². The van der Waals surface area contributed by atoms with Gasteiger partial charge >= 0.3 is 0 Å². The van der Waals surface area contributed by atoms with Gasteiger partial charge in [0, 0.05) is 27.5 Å². The molecule has 1 atom stereocenters. The number of amidine groups is 1. The van der Waals surface area contributed by atoms with Gasteiger partial charge in [0.05, 0.1) is 5.69 Å². The van der Waals surface area contributed by atoms with E-state index < -0.39 is 0 Å². The standard InChI is InChI=1S/C20H15Cl2N3OS/c1-13(26)19-23-25(17-10-6-15(22)7-11-17)20(18-3-2-12-27-18)24(19)16-8-4-14(21)5-9-16/h2-12,20H,1H3/t20-/m0/s1. The molecular weight excluding hydrogens is 401 g/mol. The highest BCUT2D eigenvalue weighted by molar-refractivity contribution is 7.10. The Morgan fingerprint density at radius 3 is 2.07 bits per heavy atom. The third kappa shape index (κ3) is 3.46. The summed E-state index contributed by atoms with van der Waals surface area (Å²) in [4.78, 5) is 15.4. The topological polar surface area (TPSA) is 35.9 Å². The molecule has 7 heteroatoms. The average molecular weight is 416 g/mol. The van der Waals surface area contributed by atoms with Crippen molar-refractivity contribution in [3.63, 3.8) is 0 Å². The first-order valence-corrected chi connectivity index (χ1v) is 9.91. The summed E-state index contributed by atoms with van der Waals surface area (Å²) in [5, 5.41) is 9.82. The van der Waals surface area contributed by atoms with Crippen LogP contribution in [-0.4, -0.2) is 11.6 Å². The molecule has 0 saturated carbocycles. The normalized spacial score (nSPS) is 16.6. The molecule has 1 aliphatic rings. The molecule has 27 heavy (non-hydrogen) atoms. The van der Waals surface area contributed by atoms with Crippen LogP contribution in [0.25, 0.3) is 0 Å². The first kappa shape index (κ1) is 18.0. The Morgan fingerprint density at radius 2 is 1.56 bits per heavy atom. The molecule has 0 radical (unpaired) electrons. The van der Waals surface area contributed by atoms with Crippen molar-refractivity contribution in [2.45, 2.75) is 13.1 Å². The van der Waals surface area contributed by atoms with Crippen LogP contribution in [0.2, 0.25) is 10.0 Å². The molecule has 136 valence electrons. The van der Waals surface area contributed by atoms with Crippen LogP contribution >= 0.6 is 34.5 Å². The van der Waals surface area contributed by atoms with Gasteiger partial charge in [-0.05, 0) is 60.0 Å². The number of hydrogen-bond acceptors (Lipinski definition) is 5. The van der Waals surface area contributed by atoms with Crippen LogP contribution in [0.5, 0.6) is 0 Å². The summed E-state index contributed by atoms with van der Waals surface area (Å²) < 4.78 is 0. The molecule has 0 fully saturated rings. The van der Waals surface area contributed by atoms with Crippen LogP contribution in [0.4, 0.5) is 11.4 Å². The lowest BCUT2D eigenvalue weighted by Crippen LogP contribution is -2.37. The van der Waals surface area contributed by atoms with Crippen molar-refractivity contribution < 1.29 is 4.79 Å². The lowest BCUT2D eigenvalue weighted by molar-refractivity contribution is -0.111. The van der Waals surface area contributed by atoms with Crippen molar-refractivity contribution in [2.24, 2.45) is 5.10 Å². The van der Waals surface area contributed by atoms with E-state index in [4.69, 9.17) is 23.2 Å². The Labute approximate surface area is 171 Å². The monoisotopic (exact) mass is 415 g/mol. The van der Waals surface area contributed by atoms with Gasteiger partial charge in [0.1, 0.15) is 0 Å². The Hall–Kier alpha value is -2.34. The maximum absolute atomic E-state index is 12.4. The molecule has 4 rings (SSSR count). The molecule has 3 aromatic rings. The Morgan fingerprint density at radius 1 is 0.963 bits per heavy atom. The van der Waals surface area contributed by atoms with Crippen molar-refractivity contribution in [2.75, 3.05) is 9.91 Å². The summed E-state index contributed by atoms with van der Waals surface area (Å²) in [5.41, 5.74) is 1.70. The first-order valence-electron chi connectivity index (χ1n) is 8.27. The number of anilines is 2. The molecule has 0 spiro atoms. The van der Waals surface area contributed by atoms with E-state index in [1.807, 2.05) is 76.0 Å². The number of ketones is 1. The number of hydrazone groups is 1. The van der Waals surface area contributed by atoms with E-state index in [2.05, 4.69) is 5.10 Å². The van der Waals surface area contributed by atoms with Crippen molar-refractivity contribution >= 4 is 57.5 Å². The van der Waals surface area contributed by atoms with Gasteiger partial charge in [-0.1, -0.05) is 29.3 Å². The number of halogens is 2. The van der Waals surface area contributed by atoms with Gasteiger partial charge in [0.2, 0.25) is 0 Å². The molecule has 1 aromatic heterocycles. The van der Waals surface area contributed by atoms with Crippen molar-refractivity contribution in [1.82, 2.24) is 0 Å². The largest absolute Gasteiger partial charge is 0.294 e. The van der Waals surface area contributed by atoms with E-state index >= 15 is 0 Å². The second kappa shape index (κ2) is 7.35. The third-order valence-electron chi connectivity index (χ3n) is 4.22. The van der Waals surface area contributed by atoms with E-state index in [1.54, 1.807) is 11.3 Å². The summed E-state index contributed by atoms with van der Waals surface area (Å²) in [7, 11) is 0. The number of thiophene rings is 1. The predicted octanol–water partition coefficient (Wildman–Crippen LogP) is 5.98. The van der Waals surface area contributed by atoms with E-state index in [1.165, 1.54) is 6.92 Å². The minimum absolute atomic E-state index is 0.108. The highest BCUT2D eigenvalue weighted by Gasteiger charge is 2.39. The summed E-state index contributed by atoms with van der Waals surface area (Å²) in [6, 6.07) is 18.9. The van der Waals surface area contributed by atoms with Gasteiger partial charge in [0.15, 0.2) is 17.8 Å². The van der Waals surface area contributed by atoms with Crippen molar-refractivity contribution in [3.8, 4) is 0 Å². The highest BCUT2D eigenvalue weighted by Crippen LogP contribution is 2.40. The zero-order valence-electron chi connectivity index (χ0n) is 14.3. The molecular formula is C20H15Cl2N3OS. The number of carbonyl (C=O) groups excluding carboxylic acids is 1. The minimum Gasteiger partial charge on any atom is -0.294 e. The summed E-state index contributed by atoms with van der Waals surface area (Å²) in [5.74, 6) is 0.272. The molecule has 2 heterocycles. The van der Waals surface area contributed by atoms with Crippen LogP contribution in [0, 0.1) is 0 Å². The molecule has 0 bridgehead atoms. The van der Waals surface area contributed by atoms with Gasteiger partial charge in [-0.25, -0.2) is 5.01 Å². The van der Waals surface area contributed by atoms with Crippen molar-refractivity contribution in [1.29, 1.82) is 0 Å². The number of benzene rings is 2. The molecule has 1 aliphatic heterocycles. The first-order chi connectivity index (χ1) is 13.0. The molecule has 0 unspecified atom stereocenters. The van der Waals surface area contributed by atoms with Gasteiger partial charge in [-0.2, -0.15) is 0 Å². The Kier molecular flexibility index (Phi) is 4.91. The zero-order chi connectivity index (χ0) is 19.0. The Balaban J connectivity index is 1.87. The SMILES string of the molecule is CC(=O)C1=NN(c2ccc(Cl)cc2)[C@@H](c2cccs2)N1c1ccc(Cl)cc1. The van der Waals surface area contributed by atoms with Crippen molar-refractivity contribution in [3.05, 3.63) is 81.0 Å². The smallest absolute Gasteiger partial charge is 0.198 e. The number of nitrogens with zero attached hydrogens (tertiary/aromatic N) is 3. The summed E-state index contributed by atoms with van der Waals surface area (Å²) in [6.07, 6.45) is -0.272. The fourth-order valence-electron chi connectivity index (χ4n) is 3.01. The molecule has 0 amide bonds. The van der Waals surface area contributed by atoms with E-state index in [0.29, 0.717) is 15.9 Å². The van der Waals surface area contributed by atoms with Gasteiger partial charge < -0.3 is 0 Å². The van der Waals surface area contributed by atoms with Gasteiger partial charge in [-0.15, -0.1) is 16.4 Å². The quantitative estimate of drug-likeness (QED) is 0.525. The fourth-order valence-corrected chi connectivity index (χ4v) is 4.06.